The van der Waals surface area contributed by atoms with Gasteiger partial charge in [0.2, 0.25) is 0 Å². The van der Waals surface area contributed by atoms with Crippen LogP contribution in [0.1, 0.15) is 29.4 Å². The number of ether oxygens (including phenoxy) is 1. The average Bonchev–Trinajstić information content (AvgIpc) is 2.17. The number of carbonyl (C=O) groups is 2. The molecule has 1 aromatic rings. The molecule has 0 aliphatic carbocycles. The highest BCUT2D eigenvalue weighted by molar-refractivity contribution is 14.1. The molecule has 0 aromatic carbocycles. The summed E-state index contributed by atoms with van der Waals surface area (Å²) < 4.78 is 5.54. The summed E-state index contributed by atoms with van der Waals surface area (Å²) in [5.74, 6) is -0.745. The molecule has 16 heavy (non-hydrogen) atoms. The quantitative estimate of drug-likeness (QED) is 0.278. The predicted molar refractivity (Wildman–Crippen MR) is 67.3 cm³/mol. The second-order valence-electron chi connectivity index (χ2n) is 3.17. The Morgan fingerprint density at radius 1 is 1.44 bits per heavy atom. The maximum Gasteiger partial charge on any atom is 0.313 e. The zero-order chi connectivity index (χ0) is 12.1. The molecule has 0 aliphatic heterocycles. The van der Waals surface area contributed by atoms with Crippen LogP contribution in [0.5, 0.6) is 0 Å². The van der Waals surface area contributed by atoms with Crippen LogP contribution in [-0.2, 0) is 9.53 Å². The van der Waals surface area contributed by atoms with Gasteiger partial charge in [0.15, 0.2) is 5.78 Å². The normalized spacial score (nSPS) is 9.94. The Balaban J connectivity index is 2.77. The molecule has 1 heterocycles. The van der Waals surface area contributed by atoms with E-state index in [1.807, 2.05) is 0 Å². The molecule has 0 spiro atoms. The molecule has 86 valence electrons. The van der Waals surface area contributed by atoms with Crippen LogP contribution in [0.3, 0.4) is 0 Å². The van der Waals surface area contributed by atoms with Crippen molar-refractivity contribution in [2.75, 3.05) is 6.61 Å². The van der Waals surface area contributed by atoms with Crippen molar-refractivity contribution in [1.29, 1.82) is 0 Å². The number of aromatic nitrogens is 1. The van der Waals surface area contributed by atoms with E-state index in [-0.39, 0.29) is 18.8 Å². The molecular weight excluding hydrogens is 321 g/mol. The van der Waals surface area contributed by atoms with Crippen LogP contribution in [0.25, 0.3) is 0 Å². The number of carbonyl (C=O) groups excluding carboxylic acids is 2. The number of pyridine rings is 1. The molecule has 0 radical (unpaired) electrons. The van der Waals surface area contributed by atoms with Gasteiger partial charge in [-0.1, -0.05) is 0 Å². The minimum absolute atomic E-state index is 0.225. The van der Waals surface area contributed by atoms with Gasteiger partial charge in [-0.2, -0.15) is 0 Å². The van der Waals surface area contributed by atoms with E-state index in [9.17, 15) is 9.59 Å². The van der Waals surface area contributed by atoms with Gasteiger partial charge in [0.1, 0.15) is 10.1 Å². The van der Waals surface area contributed by atoms with Crippen LogP contribution >= 0.6 is 22.6 Å². The highest BCUT2D eigenvalue weighted by Crippen LogP contribution is 2.11. The summed E-state index contributed by atoms with van der Waals surface area (Å²) in [4.78, 5) is 27.0. The number of nitrogens with zero attached hydrogens (tertiary/aromatic N) is 1. The monoisotopic (exact) mass is 333 g/mol. The summed E-state index contributed by atoms with van der Waals surface area (Å²) in [6.45, 7) is 3.75. The predicted octanol–water partition coefficient (Wildman–Crippen LogP) is 2.13. The lowest BCUT2D eigenvalue weighted by atomic mass is 10.1. The number of halogens is 1. The second-order valence-corrected chi connectivity index (χ2v) is 4.28. The van der Waals surface area contributed by atoms with Crippen molar-refractivity contribution in [3.8, 4) is 0 Å². The highest BCUT2D eigenvalue weighted by atomic mass is 127. The van der Waals surface area contributed by atoms with Crippen LogP contribution in [-0.4, -0.2) is 23.3 Å². The summed E-state index contributed by atoms with van der Waals surface area (Å²) in [6, 6.07) is 3.43. The number of rotatable bonds is 4. The minimum atomic E-state index is -0.495. The van der Waals surface area contributed by atoms with Crippen LogP contribution in [0, 0.1) is 10.6 Å². The third-order valence-electron chi connectivity index (χ3n) is 1.96. The third-order valence-corrected chi connectivity index (χ3v) is 2.56. The van der Waals surface area contributed by atoms with E-state index in [2.05, 4.69) is 27.6 Å². The highest BCUT2D eigenvalue weighted by Gasteiger charge is 2.15. The summed E-state index contributed by atoms with van der Waals surface area (Å²) in [7, 11) is 0. The van der Waals surface area contributed by atoms with Gasteiger partial charge in [-0.3, -0.25) is 9.59 Å². The molecule has 4 nitrogen and oxygen atoms in total. The van der Waals surface area contributed by atoms with Gasteiger partial charge in [0, 0.05) is 11.3 Å². The van der Waals surface area contributed by atoms with Crippen LogP contribution in [0.4, 0.5) is 0 Å². The second kappa shape index (κ2) is 5.93. The lowest BCUT2D eigenvalue weighted by Crippen LogP contribution is -2.13. The van der Waals surface area contributed by atoms with E-state index in [0.717, 1.165) is 3.70 Å². The van der Waals surface area contributed by atoms with Crippen LogP contribution < -0.4 is 0 Å². The van der Waals surface area contributed by atoms with Gasteiger partial charge in [0.25, 0.3) is 0 Å². The molecule has 0 N–H and O–H groups in total. The zero-order valence-corrected chi connectivity index (χ0v) is 11.3. The van der Waals surface area contributed by atoms with Gasteiger partial charge < -0.3 is 4.74 Å². The van der Waals surface area contributed by atoms with Crippen molar-refractivity contribution < 1.29 is 14.3 Å². The van der Waals surface area contributed by atoms with Crippen molar-refractivity contribution in [2.45, 2.75) is 20.3 Å². The number of hydrogen-bond donors (Lipinski definition) is 0. The largest absolute Gasteiger partial charge is 0.466 e. The summed E-state index contributed by atoms with van der Waals surface area (Å²) in [6.07, 6.45) is -0.225. The van der Waals surface area contributed by atoms with E-state index < -0.39 is 5.97 Å². The maximum atomic E-state index is 11.7. The van der Waals surface area contributed by atoms with Gasteiger partial charge in [-0.25, -0.2) is 4.98 Å². The maximum absolute atomic E-state index is 11.7. The van der Waals surface area contributed by atoms with Crippen molar-refractivity contribution >= 4 is 34.3 Å². The molecular formula is C11H12INO3. The van der Waals surface area contributed by atoms with E-state index in [1.165, 1.54) is 0 Å². The molecule has 0 saturated heterocycles. The van der Waals surface area contributed by atoms with E-state index in [1.54, 1.807) is 26.0 Å². The van der Waals surface area contributed by atoms with Crippen molar-refractivity contribution in [1.82, 2.24) is 4.98 Å². The van der Waals surface area contributed by atoms with E-state index in [0.29, 0.717) is 11.3 Å². The molecule has 0 fully saturated rings. The van der Waals surface area contributed by atoms with Gasteiger partial charge >= 0.3 is 5.97 Å². The number of hydrogen-bond acceptors (Lipinski definition) is 4. The molecule has 0 bridgehead atoms. The summed E-state index contributed by atoms with van der Waals surface area (Å²) in [5.41, 5.74) is 1.12. The Morgan fingerprint density at radius 2 is 2.12 bits per heavy atom. The fourth-order valence-corrected chi connectivity index (χ4v) is 1.81. The van der Waals surface area contributed by atoms with Crippen molar-refractivity contribution in [3.63, 3.8) is 0 Å². The third kappa shape index (κ3) is 3.55. The summed E-state index contributed by atoms with van der Waals surface area (Å²) >= 11 is 2.07. The lowest BCUT2D eigenvalue weighted by Gasteiger charge is -2.04. The molecule has 1 rings (SSSR count). The molecule has 0 aliphatic rings. The molecule has 0 amide bonds. The Hall–Kier alpha value is -0.980. The first kappa shape index (κ1) is 13.1. The molecule has 1 aromatic heterocycles. The van der Waals surface area contributed by atoms with Gasteiger partial charge in [-0.15, -0.1) is 0 Å². The number of esters is 1. The molecule has 0 atom stereocenters. The minimum Gasteiger partial charge on any atom is -0.466 e. The Bertz CT molecular complexity index is 418. The van der Waals surface area contributed by atoms with Crippen LogP contribution in [0.2, 0.25) is 0 Å². The fourth-order valence-electron chi connectivity index (χ4n) is 1.26. The Labute approximate surface area is 108 Å². The number of Topliss-reactive ketones (excluding diaryl/α,β-unsaturated/α-hetero) is 1. The van der Waals surface area contributed by atoms with E-state index >= 15 is 0 Å². The Kier molecular flexibility index (Phi) is 4.85. The average molecular weight is 333 g/mol. The molecule has 0 unspecified atom stereocenters. The standard InChI is InChI=1S/C11H12INO3/c1-3-16-11(15)6-9(14)8-4-5-10(12)13-7(8)2/h4-5H,3,6H2,1-2H3. The van der Waals surface area contributed by atoms with Gasteiger partial charge in [-0.05, 0) is 48.6 Å². The van der Waals surface area contributed by atoms with Crippen molar-refractivity contribution in [3.05, 3.63) is 27.1 Å². The lowest BCUT2D eigenvalue weighted by molar-refractivity contribution is -0.141. The first-order chi connectivity index (χ1) is 7.54. The molecule has 5 heteroatoms. The summed E-state index contributed by atoms with van der Waals surface area (Å²) in [5, 5.41) is 0. The Morgan fingerprint density at radius 3 is 2.69 bits per heavy atom. The van der Waals surface area contributed by atoms with E-state index in [4.69, 9.17) is 4.74 Å². The first-order valence-corrected chi connectivity index (χ1v) is 5.94. The topological polar surface area (TPSA) is 56.3 Å². The number of ketones is 1. The molecule has 0 saturated carbocycles. The smallest absolute Gasteiger partial charge is 0.313 e. The SMILES string of the molecule is CCOC(=O)CC(=O)c1ccc(I)nc1C. The van der Waals surface area contributed by atoms with Gasteiger partial charge in [0.05, 0.1) is 6.61 Å². The zero-order valence-electron chi connectivity index (χ0n) is 9.12. The fraction of sp³-hybridized carbons (Fsp3) is 0.364. The van der Waals surface area contributed by atoms with Crippen LogP contribution in [0.15, 0.2) is 12.1 Å². The first-order valence-electron chi connectivity index (χ1n) is 4.86. The number of aryl methyl sites for hydroxylation is 1. The van der Waals surface area contributed by atoms with Crippen molar-refractivity contribution in [2.24, 2.45) is 0 Å².